The Morgan fingerprint density at radius 1 is 1.56 bits per heavy atom. The summed E-state index contributed by atoms with van der Waals surface area (Å²) >= 11 is 2.91. The molecule has 5 N–H and O–H groups in total. The average Bonchev–Trinajstić information content (AvgIpc) is 3.20. The van der Waals surface area contributed by atoms with Crippen LogP contribution in [0.1, 0.15) is 24.5 Å². The lowest BCUT2D eigenvalue weighted by atomic mass is 10.1. The monoisotopic (exact) mass is 478 g/mol. The number of nitrogens with two attached hydrogens (primary N) is 2. The van der Waals surface area contributed by atoms with Gasteiger partial charge in [-0.05, 0) is 26.8 Å². The molecule has 2 aliphatic heterocycles. The van der Waals surface area contributed by atoms with Crippen LogP contribution < -0.4 is 16.9 Å². The molecule has 9 nitrogen and oxygen atoms in total. The molecule has 4 atom stereocenters. The number of methoxy groups -OCH3 is 1. The maximum absolute atomic E-state index is 9.53. The number of dihydropyridines is 1. The molecule has 3 unspecified atom stereocenters. The van der Waals surface area contributed by atoms with Gasteiger partial charge in [-0.15, -0.1) is 11.3 Å². The fourth-order valence-corrected chi connectivity index (χ4v) is 5.13. The van der Waals surface area contributed by atoms with Gasteiger partial charge in [0.05, 0.1) is 25.0 Å². The van der Waals surface area contributed by atoms with Crippen molar-refractivity contribution in [1.82, 2.24) is 15.3 Å². The fraction of sp³-hybridized carbons (Fsp3) is 0.524. The van der Waals surface area contributed by atoms with Gasteiger partial charge in [-0.3, -0.25) is 0 Å². The first-order valence-electron chi connectivity index (χ1n) is 10.2. The van der Waals surface area contributed by atoms with Crippen molar-refractivity contribution in [1.29, 1.82) is 5.26 Å². The molecule has 1 saturated heterocycles. The Labute approximate surface area is 197 Å². The molecule has 0 amide bonds. The lowest BCUT2D eigenvalue weighted by Gasteiger charge is -2.39. The number of nitrogens with one attached hydrogen (secondary N) is 1. The molecule has 0 spiro atoms. The molecule has 0 saturated carbocycles. The molecule has 3 heterocycles. The molecule has 0 radical (unpaired) electrons. The number of hydrogen-bond donors (Lipinski definition) is 3. The van der Waals surface area contributed by atoms with Crippen molar-refractivity contribution in [2.75, 3.05) is 26.8 Å². The van der Waals surface area contributed by atoms with E-state index >= 15 is 0 Å². The summed E-state index contributed by atoms with van der Waals surface area (Å²) in [5, 5.41) is 16.8. The summed E-state index contributed by atoms with van der Waals surface area (Å²) in [4.78, 5) is 5.20. The summed E-state index contributed by atoms with van der Waals surface area (Å²) < 4.78 is 17.6. The maximum Gasteiger partial charge on any atom is 0.140 e. The number of hydrazine groups is 1. The number of nitrogens with zero attached hydrogens (tertiary/aromatic N) is 3. The highest BCUT2D eigenvalue weighted by molar-refractivity contribution is 8.03. The Morgan fingerprint density at radius 3 is 2.91 bits per heavy atom. The van der Waals surface area contributed by atoms with Crippen LogP contribution in [0.25, 0.3) is 5.70 Å². The summed E-state index contributed by atoms with van der Waals surface area (Å²) in [5.74, 6) is 6.24. The number of aromatic nitrogens is 1. The molecular weight excluding hydrogens is 448 g/mol. The Morgan fingerprint density at radius 2 is 2.34 bits per heavy atom. The highest BCUT2D eigenvalue weighted by Crippen LogP contribution is 2.34. The van der Waals surface area contributed by atoms with Gasteiger partial charge in [-0.2, -0.15) is 5.26 Å². The molecule has 174 valence electrons. The van der Waals surface area contributed by atoms with Gasteiger partial charge in [-0.25, -0.2) is 10.8 Å². The van der Waals surface area contributed by atoms with E-state index in [1.165, 1.54) is 28.1 Å². The molecule has 0 aromatic carbocycles. The standard InChI is InChI=1S/C21H30N6O3S2/c1-12-5-19(16(6-22)25-7-12)32-21(30-18-10-29-14(18)3)17(28-4)9-27(24)8-15(23)20-26-13(2)11-31-20/h5,8,11,14,17-18,21,25H,7,9-10,23-24H2,1-4H3/b15-8-/t14?,17-,18?,21?/m0/s1. The van der Waals surface area contributed by atoms with Crippen molar-refractivity contribution in [2.24, 2.45) is 11.6 Å². The van der Waals surface area contributed by atoms with Crippen LogP contribution in [-0.2, 0) is 14.2 Å². The van der Waals surface area contributed by atoms with Crippen LogP contribution in [0.3, 0.4) is 0 Å². The van der Waals surface area contributed by atoms with Gasteiger partial charge in [0.1, 0.15) is 34.4 Å². The van der Waals surface area contributed by atoms with Crippen LogP contribution in [0.15, 0.2) is 33.8 Å². The highest BCUT2D eigenvalue weighted by atomic mass is 32.2. The Hall–Kier alpha value is -2.07. The molecule has 0 aliphatic carbocycles. The predicted octanol–water partition coefficient (Wildman–Crippen LogP) is 2.05. The second-order valence-corrected chi connectivity index (χ2v) is 9.74. The second-order valence-electron chi connectivity index (χ2n) is 7.74. The van der Waals surface area contributed by atoms with Crippen molar-refractivity contribution in [2.45, 2.75) is 44.5 Å². The number of nitriles is 1. The second kappa shape index (κ2) is 11.2. The minimum Gasteiger partial charge on any atom is -0.395 e. The van der Waals surface area contributed by atoms with Gasteiger partial charge in [-0.1, -0.05) is 17.3 Å². The topological polar surface area (TPSA) is 132 Å². The molecule has 2 aliphatic rings. The lowest BCUT2D eigenvalue weighted by Crippen LogP contribution is -2.50. The first-order chi connectivity index (χ1) is 15.3. The number of thioether (sulfide) groups is 1. The molecule has 32 heavy (non-hydrogen) atoms. The zero-order valence-electron chi connectivity index (χ0n) is 18.7. The number of allylic oxidation sites excluding steroid dienone is 2. The number of aryl methyl sites for hydroxylation is 1. The first-order valence-corrected chi connectivity index (χ1v) is 12.0. The van der Waals surface area contributed by atoms with E-state index in [0.29, 0.717) is 36.1 Å². The van der Waals surface area contributed by atoms with E-state index in [1.54, 1.807) is 13.3 Å². The zero-order valence-corrected chi connectivity index (χ0v) is 20.3. The Balaban J connectivity index is 1.77. The van der Waals surface area contributed by atoms with Crippen LogP contribution in [0.5, 0.6) is 0 Å². The normalized spacial score (nSPS) is 23.0. The fourth-order valence-electron chi connectivity index (χ4n) is 3.11. The smallest absolute Gasteiger partial charge is 0.140 e. The average molecular weight is 479 g/mol. The number of hydrogen-bond acceptors (Lipinski definition) is 11. The SMILES string of the molecule is CO[C@@H](CN(N)/C=C(\N)c1nc(C)cs1)C(OC1COC1C)SC1=C(C#N)NCC(C)=C1. The Kier molecular flexibility index (Phi) is 8.58. The molecule has 1 aromatic rings. The van der Waals surface area contributed by atoms with Crippen LogP contribution >= 0.6 is 23.1 Å². The van der Waals surface area contributed by atoms with E-state index in [2.05, 4.69) is 16.4 Å². The molecule has 3 rings (SSSR count). The summed E-state index contributed by atoms with van der Waals surface area (Å²) in [6, 6.07) is 2.23. The predicted molar refractivity (Wildman–Crippen MR) is 127 cm³/mol. The van der Waals surface area contributed by atoms with Crippen molar-refractivity contribution in [3.8, 4) is 6.07 Å². The van der Waals surface area contributed by atoms with Crippen molar-refractivity contribution >= 4 is 28.8 Å². The van der Waals surface area contributed by atoms with Gasteiger partial charge in [0.15, 0.2) is 0 Å². The van der Waals surface area contributed by atoms with Crippen molar-refractivity contribution in [3.05, 3.63) is 44.5 Å². The third-order valence-corrected chi connectivity index (χ3v) is 7.28. The van der Waals surface area contributed by atoms with Crippen LogP contribution in [-0.4, -0.2) is 60.5 Å². The largest absolute Gasteiger partial charge is 0.395 e. The van der Waals surface area contributed by atoms with E-state index in [4.69, 9.17) is 25.8 Å². The van der Waals surface area contributed by atoms with Crippen LogP contribution in [0, 0.1) is 18.3 Å². The lowest BCUT2D eigenvalue weighted by molar-refractivity contribution is -0.198. The molecule has 11 heteroatoms. The van der Waals surface area contributed by atoms with Crippen molar-refractivity contribution in [3.63, 3.8) is 0 Å². The van der Waals surface area contributed by atoms with E-state index in [0.717, 1.165) is 16.2 Å². The Bertz CT molecular complexity index is 938. The molecule has 0 bridgehead atoms. The highest BCUT2D eigenvalue weighted by Gasteiger charge is 2.36. The van der Waals surface area contributed by atoms with Gasteiger partial charge < -0.3 is 30.3 Å². The van der Waals surface area contributed by atoms with Gasteiger partial charge in [0.25, 0.3) is 0 Å². The molecular formula is C21H30N6O3S2. The van der Waals surface area contributed by atoms with E-state index in [9.17, 15) is 5.26 Å². The zero-order chi connectivity index (χ0) is 23.3. The van der Waals surface area contributed by atoms with E-state index in [-0.39, 0.29) is 12.2 Å². The maximum atomic E-state index is 9.53. The van der Waals surface area contributed by atoms with E-state index < -0.39 is 11.5 Å². The summed E-state index contributed by atoms with van der Waals surface area (Å²) in [6.07, 6.45) is 3.20. The summed E-state index contributed by atoms with van der Waals surface area (Å²) in [7, 11) is 1.62. The third-order valence-electron chi connectivity index (χ3n) is 5.05. The number of ether oxygens (including phenoxy) is 3. The minimum atomic E-state index is -0.415. The summed E-state index contributed by atoms with van der Waals surface area (Å²) in [5.41, 5.74) is 8.80. The first kappa shape index (κ1) is 24.6. The van der Waals surface area contributed by atoms with Gasteiger partial charge >= 0.3 is 0 Å². The van der Waals surface area contributed by atoms with E-state index in [1.807, 2.05) is 32.2 Å². The number of rotatable bonds is 10. The van der Waals surface area contributed by atoms with Gasteiger partial charge in [0, 0.05) is 35.8 Å². The minimum absolute atomic E-state index is 0.000514. The van der Waals surface area contributed by atoms with Crippen molar-refractivity contribution < 1.29 is 14.2 Å². The van der Waals surface area contributed by atoms with Gasteiger partial charge in [0.2, 0.25) is 0 Å². The molecule has 1 aromatic heterocycles. The quantitative estimate of drug-likeness (QED) is 0.261. The third kappa shape index (κ3) is 6.25. The van der Waals surface area contributed by atoms with Crippen LogP contribution in [0.4, 0.5) is 0 Å². The summed E-state index contributed by atoms with van der Waals surface area (Å²) in [6.45, 7) is 7.40. The number of thiazole rings is 1. The molecule has 1 fully saturated rings. The van der Waals surface area contributed by atoms with Crippen LogP contribution in [0.2, 0.25) is 0 Å².